The zero-order valence-electron chi connectivity index (χ0n) is 6.43. The number of aliphatic carboxylic acids is 1. The molecule has 0 spiro atoms. The van der Waals surface area contributed by atoms with Crippen LogP contribution in [0.4, 0.5) is 0 Å². The number of carbonyl (C=O) groups is 1. The van der Waals surface area contributed by atoms with Gasteiger partial charge in [-0.1, -0.05) is 0 Å². The van der Waals surface area contributed by atoms with E-state index in [1.165, 1.54) is 0 Å². The fraction of sp³-hybridized carbons (Fsp3) is 0.800. The Kier molecular flexibility index (Phi) is 5.25. The van der Waals surface area contributed by atoms with Gasteiger partial charge in [0.25, 0.3) is 0 Å². The van der Waals surface area contributed by atoms with Crippen LogP contribution in [-0.4, -0.2) is 27.6 Å². The Bertz CT molecular complexity index is 173. The summed E-state index contributed by atoms with van der Waals surface area (Å²) in [5.74, 6) is -1.11. The minimum atomic E-state index is -3.49. The topological polar surface area (TPSA) is 63.3 Å². The molecule has 7 heteroatoms. The van der Waals surface area contributed by atoms with Crippen molar-refractivity contribution < 1.29 is 9.90 Å². The number of rotatable bonds is 4. The third-order valence-corrected chi connectivity index (χ3v) is 9.32. The molecule has 0 radical (unpaired) electrons. The van der Waals surface area contributed by atoms with E-state index in [4.69, 9.17) is 40.9 Å². The first-order valence-electron chi connectivity index (χ1n) is 3.35. The average molecular weight is 295 g/mol. The normalized spacial score (nSPS) is 17.1. The average Bonchev–Trinajstić information content (AvgIpc) is 1.85. The molecule has 0 bridgehead atoms. The van der Waals surface area contributed by atoms with Gasteiger partial charge in [-0.3, -0.25) is 0 Å². The van der Waals surface area contributed by atoms with E-state index in [-0.39, 0.29) is 0 Å². The van der Waals surface area contributed by atoms with Crippen molar-refractivity contribution in [3.8, 4) is 0 Å². The van der Waals surface area contributed by atoms with Crippen molar-refractivity contribution in [2.24, 2.45) is 5.73 Å². The van der Waals surface area contributed by atoms with Crippen LogP contribution >= 0.6 is 30.0 Å². The van der Waals surface area contributed by atoms with Crippen LogP contribution < -0.4 is 5.73 Å². The number of carboxylic acid groups (broad SMARTS) is 1. The molecule has 0 saturated carbocycles. The van der Waals surface area contributed by atoms with E-state index >= 15 is 0 Å². The molecule has 0 saturated heterocycles. The van der Waals surface area contributed by atoms with Crippen LogP contribution in [0.5, 0.6) is 0 Å². The molecular weight excluding hydrogens is 285 g/mol. The van der Waals surface area contributed by atoms with E-state index in [2.05, 4.69) is 0 Å². The van der Waals surface area contributed by atoms with Crippen molar-refractivity contribution in [2.75, 3.05) is 0 Å². The SMILES string of the molecule is CC[CH](C(N)C(=O)O)[Ge]([Cl])([Cl])[Cl]. The zero-order valence-corrected chi connectivity index (χ0v) is 10.8. The zero-order chi connectivity index (χ0) is 9.94. The van der Waals surface area contributed by atoms with Crippen molar-refractivity contribution in [3.63, 3.8) is 0 Å². The van der Waals surface area contributed by atoms with Gasteiger partial charge >= 0.3 is 86.2 Å². The molecule has 0 rings (SSSR count). The van der Waals surface area contributed by atoms with E-state index in [1.54, 1.807) is 6.92 Å². The van der Waals surface area contributed by atoms with Crippen LogP contribution in [0.1, 0.15) is 13.3 Å². The number of carboxylic acids is 1. The summed E-state index contributed by atoms with van der Waals surface area (Å²) >= 11 is 0. The second-order valence-electron chi connectivity index (χ2n) is 2.42. The van der Waals surface area contributed by atoms with Crippen molar-refractivity contribution in [3.05, 3.63) is 0 Å². The van der Waals surface area contributed by atoms with Crippen LogP contribution in [0, 0.1) is 0 Å². The van der Waals surface area contributed by atoms with Gasteiger partial charge in [0.1, 0.15) is 0 Å². The summed E-state index contributed by atoms with van der Waals surface area (Å²) in [5, 5.41) is 8.58. The van der Waals surface area contributed by atoms with Gasteiger partial charge in [0.15, 0.2) is 0 Å². The van der Waals surface area contributed by atoms with Gasteiger partial charge in [0, 0.05) is 0 Å². The van der Waals surface area contributed by atoms with E-state index in [0.717, 1.165) is 0 Å². The van der Waals surface area contributed by atoms with E-state index in [1.807, 2.05) is 0 Å². The van der Waals surface area contributed by atoms with Gasteiger partial charge in [-0.25, -0.2) is 0 Å². The first-order valence-corrected chi connectivity index (χ1v) is 12.8. The standard InChI is InChI=1S/C5H10Cl3GeNO2/c1-2-3(9(6,7)8)4(10)5(11)12/h3-4H,2,10H2,1H3,(H,11,12). The summed E-state index contributed by atoms with van der Waals surface area (Å²) in [6, 6.07) is -1.05. The molecule has 3 N–H and O–H groups in total. The molecule has 0 aliphatic carbocycles. The molecule has 2 atom stereocenters. The fourth-order valence-corrected chi connectivity index (χ4v) is 7.51. The van der Waals surface area contributed by atoms with Crippen LogP contribution in [0.25, 0.3) is 0 Å². The summed E-state index contributed by atoms with van der Waals surface area (Å²) in [7, 11) is 13.7. The van der Waals surface area contributed by atoms with Crippen LogP contribution in [0.15, 0.2) is 0 Å². The first kappa shape index (κ1) is 12.8. The number of hydrogen-bond acceptors (Lipinski definition) is 2. The Balaban J connectivity index is 4.45. The van der Waals surface area contributed by atoms with Crippen LogP contribution in [0.2, 0.25) is 4.75 Å². The van der Waals surface area contributed by atoms with Crippen molar-refractivity contribution >= 4 is 46.5 Å². The van der Waals surface area contributed by atoms with Crippen LogP contribution in [0.3, 0.4) is 0 Å². The molecule has 0 aromatic carbocycles. The third kappa shape index (κ3) is 3.70. The molecule has 0 aromatic rings. The molecule has 0 fully saturated rings. The van der Waals surface area contributed by atoms with Gasteiger partial charge in [-0.2, -0.15) is 0 Å². The third-order valence-electron chi connectivity index (χ3n) is 1.58. The van der Waals surface area contributed by atoms with Crippen molar-refractivity contribution in [1.82, 2.24) is 0 Å². The van der Waals surface area contributed by atoms with Gasteiger partial charge in [-0.05, 0) is 0 Å². The van der Waals surface area contributed by atoms with E-state index in [9.17, 15) is 4.79 Å². The number of hydrogen-bond donors (Lipinski definition) is 2. The monoisotopic (exact) mass is 295 g/mol. The van der Waals surface area contributed by atoms with Crippen LogP contribution in [-0.2, 0) is 4.79 Å². The maximum atomic E-state index is 10.5. The van der Waals surface area contributed by atoms with Crippen molar-refractivity contribution in [2.45, 2.75) is 24.1 Å². The second-order valence-corrected chi connectivity index (χ2v) is 18.6. The van der Waals surface area contributed by atoms with Gasteiger partial charge in [-0.15, -0.1) is 0 Å². The molecule has 72 valence electrons. The predicted octanol–water partition coefficient (Wildman–Crippen LogP) is 1.83. The number of nitrogens with two attached hydrogens (primary N) is 1. The quantitative estimate of drug-likeness (QED) is 0.778. The number of halogens is 3. The summed E-state index contributed by atoms with van der Waals surface area (Å²) in [4.78, 5) is 10.5. The second kappa shape index (κ2) is 4.91. The van der Waals surface area contributed by atoms with E-state index < -0.39 is 27.2 Å². The molecule has 0 amide bonds. The maximum absolute atomic E-state index is 10.5. The molecule has 3 nitrogen and oxygen atoms in total. The molecule has 12 heavy (non-hydrogen) atoms. The Morgan fingerprint density at radius 1 is 1.58 bits per heavy atom. The molecule has 0 aliphatic rings. The summed E-state index contributed by atoms with van der Waals surface area (Å²) < 4.78 is -0.479. The summed E-state index contributed by atoms with van der Waals surface area (Å²) in [6.07, 6.45) is 0.490. The van der Waals surface area contributed by atoms with Gasteiger partial charge in [0.05, 0.1) is 0 Å². The Morgan fingerprint density at radius 2 is 2.00 bits per heavy atom. The van der Waals surface area contributed by atoms with Gasteiger partial charge in [0.2, 0.25) is 0 Å². The molecule has 0 aromatic heterocycles. The summed E-state index contributed by atoms with van der Waals surface area (Å²) in [6.45, 7) is 1.76. The Hall–Kier alpha value is 0.843. The fourth-order valence-electron chi connectivity index (χ4n) is 0.861. The minimum absolute atomic E-state index is 0.479. The molecule has 2 unspecified atom stereocenters. The predicted molar refractivity (Wildman–Crippen MR) is 53.0 cm³/mol. The molecule has 0 heterocycles. The summed E-state index contributed by atoms with van der Waals surface area (Å²) in [5.41, 5.74) is 5.35. The Morgan fingerprint density at radius 3 is 2.08 bits per heavy atom. The first-order chi connectivity index (χ1) is 5.30. The van der Waals surface area contributed by atoms with Gasteiger partial charge < -0.3 is 0 Å². The van der Waals surface area contributed by atoms with Crippen molar-refractivity contribution in [1.29, 1.82) is 0 Å². The Labute approximate surface area is 86.1 Å². The van der Waals surface area contributed by atoms with E-state index in [0.29, 0.717) is 6.42 Å². The molecular formula is C5H10Cl3GeNO2. The molecule has 0 aliphatic heterocycles.